The molecule has 4 aromatic carbocycles. The lowest BCUT2D eigenvalue weighted by atomic mass is 9.84. The molecule has 0 aromatic heterocycles. The Kier molecular flexibility index (Phi) is 14.8. The molecule has 4 rings (SSSR count). The van der Waals surface area contributed by atoms with Crippen molar-refractivity contribution in [1.29, 1.82) is 0 Å². The lowest BCUT2D eigenvalue weighted by Gasteiger charge is -2.21. The van der Waals surface area contributed by atoms with Crippen LogP contribution in [-0.2, 0) is 12.8 Å². The highest BCUT2D eigenvalue weighted by atomic mass is 14.5. The average Bonchev–Trinajstić information content (AvgIpc) is 3.07. The van der Waals surface area contributed by atoms with Crippen molar-refractivity contribution in [3.8, 4) is 0 Å². The van der Waals surface area contributed by atoms with E-state index in [0.29, 0.717) is 17.8 Å². The van der Waals surface area contributed by atoms with Crippen LogP contribution < -0.4 is 11.5 Å². The molecule has 2 nitrogen and oxygen atoms in total. The molecule has 2 heteroatoms. The summed E-state index contributed by atoms with van der Waals surface area (Å²) in [6.07, 6.45) is 17.4. The van der Waals surface area contributed by atoms with Gasteiger partial charge in [-0.15, -0.1) is 0 Å². The van der Waals surface area contributed by atoms with Gasteiger partial charge in [-0.1, -0.05) is 158 Å². The van der Waals surface area contributed by atoms with E-state index in [1.165, 1.54) is 110 Å². The second-order valence-corrected chi connectivity index (χ2v) is 13.7. The second kappa shape index (κ2) is 19.2. The molecule has 2 atom stereocenters. The van der Waals surface area contributed by atoms with Crippen LogP contribution in [-0.4, -0.2) is 0 Å². The zero-order chi connectivity index (χ0) is 32.6. The van der Waals surface area contributed by atoms with E-state index in [1.54, 1.807) is 0 Å². The fourth-order valence-electron chi connectivity index (χ4n) is 7.18. The van der Waals surface area contributed by atoms with Crippen LogP contribution in [0.1, 0.15) is 143 Å². The maximum atomic E-state index is 6.02. The number of unbranched alkanes of at least 4 members (excludes halogenated alkanes) is 6. The molecule has 2 unspecified atom stereocenters. The van der Waals surface area contributed by atoms with Gasteiger partial charge in [-0.25, -0.2) is 0 Å². The number of nitrogens with two attached hydrogens (primary N) is 2. The van der Waals surface area contributed by atoms with Crippen molar-refractivity contribution >= 4 is 11.4 Å². The van der Waals surface area contributed by atoms with Gasteiger partial charge in [-0.2, -0.15) is 0 Å². The summed E-state index contributed by atoms with van der Waals surface area (Å²) in [4.78, 5) is 0. The highest BCUT2D eigenvalue weighted by Crippen LogP contribution is 2.33. The summed E-state index contributed by atoms with van der Waals surface area (Å²) in [7, 11) is 0. The van der Waals surface area contributed by atoms with Gasteiger partial charge in [0.1, 0.15) is 0 Å². The number of anilines is 2. The fraction of sp³-hybridized carbons (Fsp3) is 0.455. The Labute approximate surface area is 281 Å². The van der Waals surface area contributed by atoms with E-state index in [-0.39, 0.29) is 0 Å². The van der Waals surface area contributed by atoms with Crippen molar-refractivity contribution < 1.29 is 0 Å². The average molecular weight is 617 g/mol. The van der Waals surface area contributed by atoms with Gasteiger partial charge in [-0.05, 0) is 89.2 Å². The summed E-state index contributed by atoms with van der Waals surface area (Å²) in [5.74, 6) is 1.51. The molecule has 4 aromatic rings. The summed E-state index contributed by atoms with van der Waals surface area (Å²) in [6.45, 7) is 6.89. The normalized spacial score (nSPS) is 13.4. The third-order valence-electron chi connectivity index (χ3n) is 9.88. The summed E-state index contributed by atoms with van der Waals surface area (Å²) < 4.78 is 0. The number of nitrogen functional groups attached to an aromatic ring is 2. The molecule has 0 saturated carbocycles. The number of hydrogen-bond acceptors (Lipinski definition) is 2. The predicted molar refractivity (Wildman–Crippen MR) is 202 cm³/mol. The van der Waals surface area contributed by atoms with Gasteiger partial charge in [0.25, 0.3) is 0 Å². The van der Waals surface area contributed by atoms with Crippen LogP contribution in [0.15, 0.2) is 97.1 Å². The molecule has 0 aliphatic heterocycles. The van der Waals surface area contributed by atoms with Crippen molar-refractivity contribution in [2.24, 2.45) is 5.92 Å². The Morgan fingerprint density at radius 2 is 0.739 bits per heavy atom. The quantitative estimate of drug-likeness (QED) is 0.0766. The molecule has 0 bridgehead atoms. The Bertz CT molecular complexity index is 1260. The van der Waals surface area contributed by atoms with Gasteiger partial charge in [0.05, 0.1) is 0 Å². The highest BCUT2D eigenvalue weighted by Gasteiger charge is 2.17. The van der Waals surface area contributed by atoms with Gasteiger partial charge < -0.3 is 11.5 Å². The van der Waals surface area contributed by atoms with E-state index >= 15 is 0 Å². The van der Waals surface area contributed by atoms with Crippen LogP contribution in [0.2, 0.25) is 0 Å². The smallest absolute Gasteiger partial charge is 0.0314 e. The first-order valence-electron chi connectivity index (χ1n) is 18.4. The molecule has 0 fully saturated rings. The summed E-state index contributed by atoms with van der Waals surface area (Å²) in [5, 5.41) is 0. The molecule has 0 saturated heterocycles. The van der Waals surface area contributed by atoms with Crippen molar-refractivity contribution in [3.05, 3.63) is 130 Å². The molecule has 0 radical (unpaired) electrons. The van der Waals surface area contributed by atoms with Crippen molar-refractivity contribution in [2.45, 2.75) is 122 Å². The number of benzene rings is 4. The zero-order valence-corrected chi connectivity index (χ0v) is 29.0. The van der Waals surface area contributed by atoms with E-state index < -0.39 is 0 Å². The highest BCUT2D eigenvalue weighted by molar-refractivity contribution is 5.44. The second-order valence-electron chi connectivity index (χ2n) is 13.7. The molecule has 46 heavy (non-hydrogen) atoms. The van der Waals surface area contributed by atoms with Gasteiger partial charge in [0.2, 0.25) is 0 Å². The predicted octanol–water partition coefficient (Wildman–Crippen LogP) is 12.3. The van der Waals surface area contributed by atoms with Crippen LogP contribution in [0.4, 0.5) is 11.4 Å². The van der Waals surface area contributed by atoms with Crippen LogP contribution >= 0.6 is 0 Å². The SMILES string of the molecule is CCCCCCC(c1ccc(N)cc1)c1ccc(CC(CCC)Cc2ccc(C(CCCCCC)c3ccc(N)cc3)cc2)cc1. The molecule has 0 spiro atoms. The lowest BCUT2D eigenvalue weighted by molar-refractivity contribution is 0.474. The third kappa shape index (κ3) is 11.1. The van der Waals surface area contributed by atoms with Gasteiger partial charge in [0.15, 0.2) is 0 Å². The topological polar surface area (TPSA) is 52.0 Å². The first-order chi connectivity index (χ1) is 22.5. The van der Waals surface area contributed by atoms with E-state index in [0.717, 1.165) is 24.2 Å². The molecule has 246 valence electrons. The lowest BCUT2D eigenvalue weighted by Crippen LogP contribution is -2.09. The van der Waals surface area contributed by atoms with E-state index in [2.05, 4.69) is 118 Å². The maximum absolute atomic E-state index is 6.02. The molecule has 4 N–H and O–H groups in total. The van der Waals surface area contributed by atoms with Crippen LogP contribution in [0.5, 0.6) is 0 Å². The van der Waals surface area contributed by atoms with Crippen LogP contribution in [0.25, 0.3) is 0 Å². The minimum Gasteiger partial charge on any atom is -0.399 e. The molecular weight excluding hydrogens is 556 g/mol. The summed E-state index contributed by atoms with van der Waals surface area (Å²) in [6, 6.07) is 36.3. The van der Waals surface area contributed by atoms with E-state index in [9.17, 15) is 0 Å². The van der Waals surface area contributed by atoms with Gasteiger partial charge >= 0.3 is 0 Å². The van der Waals surface area contributed by atoms with Gasteiger partial charge in [-0.3, -0.25) is 0 Å². The Morgan fingerprint density at radius 3 is 1.07 bits per heavy atom. The van der Waals surface area contributed by atoms with Gasteiger partial charge in [0, 0.05) is 23.2 Å². The Balaban J connectivity index is 1.43. The fourth-order valence-corrected chi connectivity index (χ4v) is 7.18. The monoisotopic (exact) mass is 616 g/mol. The first kappa shape index (κ1) is 35.3. The number of rotatable bonds is 20. The minimum atomic E-state index is 0.431. The summed E-state index contributed by atoms with van der Waals surface area (Å²) in [5.41, 5.74) is 22.2. The maximum Gasteiger partial charge on any atom is 0.0314 e. The van der Waals surface area contributed by atoms with Crippen LogP contribution in [0, 0.1) is 5.92 Å². The molecule has 0 amide bonds. The largest absolute Gasteiger partial charge is 0.399 e. The molecule has 0 aliphatic rings. The van der Waals surface area contributed by atoms with Crippen molar-refractivity contribution in [3.63, 3.8) is 0 Å². The van der Waals surface area contributed by atoms with E-state index in [1.807, 2.05) is 0 Å². The molecule has 0 aliphatic carbocycles. The third-order valence-corrected chi connectivity index (χ3v) is 9.88. The van der Waals surface area contributed by atoms with E-state index in [4.69, 9.17) is 11.5 Å². The first-order valence-corrected chi connectivity index (χ1v) is 18.4. The Hall–Kier alpha value is -3.52. The van der Waals surface area contributed by atoms with Crippen LogP contribution in [0.3, 0.4) is 0 Å². The minimum absolute atomic E-state index is 0.431. The molecular formula is C44H60N2. The van der Waals surface area contributed by atoms with Crippen molar-refractivity contribution in [2.75, 3.05) is 11.5 Å². The molecule has 0 heterocycles. The Morgan fingerprint density at radius 1 is 0.391 bits per heavy atom. The number of hydrogen-bond donors (Lipinski definition) is 2. The van der Waals surface area contributed by atoms with Crippen molar-refractivity contribution in [1.82, 2.24) is 0 Å². The standard InChI is InChI=1S/C44H60N2/c1-4-7-9-11-14-43(39-24-28-41(45)29-25-39)37-20-16-34(17-21-37)32-36(13-6-3)33-35-18-22-38(23-19-35)44(15-12-10-8-5-2)40-26-30-42(46)31-27-40/h16-31,36,43-44H,4-15,32-33,45-46H2,1-3H3. The summed E-state index contributed by atoms with van der Waals surface area (Å²) >= 11 is 0. The zero-order valence-electron chi connectivity index (χ0n) is 29.0.